The first-order valence-electron chi connectivity index (χ1n) is 16.7. The molecule has 2 N–H and O–H groups in total. The summed E-state index contributed by atoms with van der Waals surface area (Å²) in [7, 11) is 0. The number of amides is 2. The largest absolute Gasteiger partial charge is 0.464 e. The number of rotatable bonds is 16. The second kappa shape index (κ2) is 17.4. The summed E-state index contributed by atoms with van der Waals surface area (Å²) in [6.07, 6.45) is 1.95. The Balaban J connectivity index is 1.50. The predicted molar refractivity (Wildman–Crippen MR) is 191 cm³/mol. The van der Waals surface area contributed by atoms with Crippen LogP contribution in [-0.2, 0) is 35.2 Å². The molecule has 1 heterocycles. The number of carbonyl (C=O) groups excluding carboxylic acids is 4. The van der Waals surface area contributed by atoms with Crippen LogP contribution in [0.5, 0.6) is 11.5 Å². The number of aromatic nitrogens is 2. The van der Waals surface area contributed by atoms with E-state index in [0.717, 1.165) is 5.56 Å². The first-order chi connectivity index (χ1) is 24.2. The Morgan fingerprint density at radius 1 is 0.843 bits per heavy atom. The predicted octanol–water partition coefficient (Wildman–Crippen LogP) is 6.86. The first-order valence-corrected chi connectivity index (χ1v) is 16.7. The van der Waals surface area contributed by atoms with Crippen molar-refractivity contribution in [3.05, 3.63) is 109 Å². The summed E-state index contributed by atoms with van der Waals surface area (Å²) in [4.78, 5) is 57.2. The summed E-state index contributed by atoms with van der Waals surface area (Å²) in [5.41, 5.74) is -0.580. The van der Waals surface area contributed by atoms with Crippen LogP contribution in [0.3, 0.4) is 0 Å². The van der Waals surface area contributed by atoms with Gasteiger partial charge < -0.3 is 34.1 Å². The second-order valence-corrected chi connectivity index (χ2v) is 13.4. The third-order valence-corrected chi connectivity index (χ3v) is 7.58. The highest BCUT2D eigenvalue weighted by Gasteiger charge is 2.35. The number of hydrogen-bond acceptors (Lipinski definition) is 9. The van der Waals surface area contributed by atoms with Crippen molar-refractivity contribution in [1.29, 1.82) is 0 Å². The smallest absolute Gasteiger partial charge is 0.408 e. The van der Waals surface area contributed by atoms with Gasteiger partial charge in [-0.25, -0.2) is 14.6 Å². The maximum absolute atomic E-state index is 13.7. The Bertz CT molecular complexity index is 1750. The minimum Gasteiger partial charge on any atom is -0.464 e. The summed E-state index contributed by atoms with van der Waals surface area (Å²) in [6.45, 7) is 10.3. The molecule has 4 rings (SSSR count). The van der Waals surface area contributed by atoms with Crippen molar-refractivity contribution in [3.63, 3.8) is 0 Å². The Morgan fingerprint density at radius 2 is 1.47 bits per heavy atom. The molecular formula is C39H46N4O8. The summed E-state index contributed by atoms with van der Waals surface area (Å²) in [6, 6.07) is 24.9. The van der Waals surface area contributed by atoms with E-state index in [0.29, 0.717) is 17.1 Å². The third kappa shape index (κ3) is 11.8. The number of benzene rings is 3. The summed E-state index contributed by atoms with van der Waals surface area (Å²) >= 11 is 0. The van der Waals surface area contributed by atoms with Crippen molar-refractivity contribution in [3.8, 4) is 11.5 Å². The molecule has 2 atom stereocenters. The normalized spacial score (nSPS) is 12.7. The number of anilines is 1. The molecule has 0 bridgehead atoms. The van der Waals surface area contributed by atoms with Crippen LogP contribution >= 0.6 is 0 Å². The monoisotopic (exact) mass is 698 g/mol. The van der Waals surface area contributed by atoms with Crippen LogP contribution < -0.4 is 15.4 Å². The van der Waals surface area contributed by atoms with Crippen molar-refractivity contribution in [2.24, 2.45) is 5.92 Å². The Morgan fingerprint density at radius 3 is 2.10 bits per heavy atom. The zero-order chi connectivity index (χ0) is 37.0. The Hall–Kier alpha value is -5.49. The fourth-order valence-corrected chi connectivity index (χ4v) is 4.99. The molecule has 0 aliphatic heterocycles. The van der Waals surface area contributed by atoms with Gasteiger partial charge >= 0.3 is 12.1 Å². The molecule has 0 radical (unpaired) electrons. The number of nitrogens with one attached hydrogen (secondary N) is 2. The van der Waals surface area contributed by atoms with E-state index < -0.39 is 46.9 Å². The quantitative estimate of drug-likeness (QED) is 0.120. The zero-order valence-corrected chi connectivity index (χ0v) is 29.9. The minimum atomic E-state index is -1.34. The van der Waals surface area contributed by atoms with Crippen LogP contribution in [0.4, 0.5) is 10.6 Å². The SMILES string of the molecule is CCOC(=O)C(c1ccc(Oc2ccccc2)cc1)n1cnc(NC(=O)C(COCc2ccccc2)CC(=O)C(C)(C)NC(=O)OC(C)(C)C)c1. The number of ketones is 1. The van der Waals surface area contributed by atoms with Gasteiger partial charge in [0.2, 0.25) is 5.91 Å². The minimum absolute atomic E-state index is 0.0848. The number of esters is 1. The molecule has 2 amide bonds. The van der Waals surface area contributed by atoms with E-state index in [9.17, 15) is 19.2 Å². The van der Waals surface area contributed by atoms with Gasteiger partial charge in [0.1, 0.15) is 17.1 Å². The number of imidazole rings is 1. The van der Waals surface area contributed by atoms with E-state index in [1.807, 2.05) is 60.7 Å². The lowest BCUT2D eigenvalue weighted by atomic mass is 9.90. The first kappa shape index (κ1) is 38.3. The van der Waals surface area contributed by atoms with Gasteiger partial charge in [-0.1, -0.05) is 60.7 Å². The van der Waals surface area contributed by atoms with Crippen LogP contribution in [-0.4, -0.2) is 57.7 Å². The van der Waals surface area contributed by atoms with Gasteiger partial charge in [0, 0.05) is 12.6 Å². The highest BCUT2D eigenvalue weighted by atomic mass is 16.6. The number of para-hydroxylation sites is 1. The fourth-order valence-electron chi connectivity index (χ4n) is 4.99. The molecule has 1 aromatic heterocycles. The number of carbonyl (C=O) groups is 4. The molecule has 0 fully saturated rings. The third-order valence-electron chi connectivity index (χ3n) is 7.58. The van der Waals surface area contributed by atoms with Gasteiger partial charge in [0.15, 0.2) is 17.6 Å². The summed E-state index contributed by atoms with van der Waals surface area (Å²) < 4.78 is 24.0. The van der Waals surface area contributed by atoms with Gasteiger partial charge in [-0.2, -0.15) is 0 Å². The number of nitrogens with zero attached hydrogens (tertiary/aromatic N) is 2. The molecule has 0 aliphatic rings. The molecule has 2 unspecified atom stereocenters. The molecule has 3 aromatic carbocycles. The number of hydrogen-bond donors (Lipinski definition) is 2. The average molecular weight is 699 g/mol. The van der Waals surface area contributed by atoms with Crippen LogP contribution in [0.1, 0.15) is 65.1 Å². The van der Waals surface area contributed by atoms with E-state index >= 15 is 0 Å². The lowest BCUT2D eigenvalue weighted by Crippen LogP contribution is -2.52. The van der Waals surface area contributed by atoms with Crippen LogP contribution in [0.15, 0.2) is 97.5 Å². The van der Waals surface area contributed by atoms with Crippen molar-refractivity contribution >= 4 is 29.6 Å². The molecule has 4 aromatic rings. The van der Waals surface area contributed by atoms with Crippen molar-refractivity contribution in [1.82, 2.24) is 14.9 Å². The summed E-state index contributed by atoms with van der Waals surface area (Å²) in [5.74, 6) is -0.952. The Labute approximate surface area is 298 Å². The standard InChI is InChI=1S/C39H46N4O8/c1-7-49-36(46)34(28-18-20-31(21-19-28)50-30-16-12-9-13-17-30)43-23-33(40-26-43)41-35(45)29(25-48-24-27-14-10-8-11-15-27)22-32(44)39(5,6)42-37(47)51-38(2,3)4/h8-21,23,26,29,34H,7,22,24-25H2,1-6H3,(H,41,45)(H,42,47). The molecular weight excluding hydrogens is 652 g/mol. The number of ether oxygens (including phenoxy) is 4. The highest BCUT2D eigenvalue weighted by Crippen LogP contribution is 2.27. The maximum atomic E-state index is 13.7. The average Bonchev–Trinajstić information content (AvgIpc) is 3.52. The molecule has 51 heavy (non-hydrogen) atoms. The maximum Gasteiger partial charge on any atom is 0.408 e. The van der Waals surface area contributed by atoms with Crippen LogP contribution in [0.2, 0.25) is 0 Å². The molecule has 12 nitrogen and oxygen atoms in total. The molecule has 0 spiro atoms. The van der Waals surface area contributed by atoms with Crippen molar-refractivity contribution in [2.75, 3.05) is 18.5 Å². The molecule has 12 heteroatoms. The number of Topliss-reactive ketones (excluding diaryl/α,β-unsaturated/α-hetero) is 1. The van der Waals surface area contributed by atoms with Crippen molar-refractivity contribution < 1.29 is 38.1 Å². The zero-order valence-electron chi connectivity index (χ0n) is 29.9. The lowest BCUT2D eigenvalue weighted by Gasteiger charge is -2.28. The van der Waals surface area contributed by atoms with E-state index in [2.05, 4.69) is 15.6 Å². The van der Waals surface area contributed by atoms with Crippen molar-refractivity contribution in [2.45, 2.75) is 71.8 Å². The fraction of sp³-hybridized carbons (Fsp3) is 0.359. The molecule has 0 saturated heterocycles. The van der Waals surface area contributed by atoms with Crippen LogP contribution in [0.25, 0.3) is 0 Å². The molecule has 0 aliphatic carbocycles. The Kier molecular flexibility index (Phi) is 13.1. The molecule has 270 valence electrons. The van der Waals surface area contributed by atoms with E-state index in [1.54, 1.807) is 70.4 Å². The number of alkyl carbamates (subject to hydrolysis) is 1. The summed E-state index contributed by atoms with van der Waals surface area (Å²) in [5, 5.41) is 5.37. The van der Waals surface area contributed by atoms with Crippen LogP contribution in [0, 0.1) is 5.92 Å². The lowest BCUT2D eigenvalue weighted by molar-refractivity contribution is -0.145. The van der Waals surface area contributed by atoms with E-state index in [-0.39, 0.29) is 32.1 Å². The van der Waals surface area contributed by atoms with Gasteiger partial charge in [-0.05, 0) is 76.9 Å². The van der Waals surface area contributed by atoms with Gasteiger partial charge in [-0.15, -0.1) is 0 Å². The highest BCUT2D eigenvalue weighted by molar-refractivity contribution is 5.98. The topological polar surface area (TPSA) is 147 Å². The molecule has 0 saturated carbocycles. The van der Waals surface area contributed by atoms with E-state index in [4.69, 9.17) is 18.9 Å². The van der Waals surface area contributed by atoms with E-state index in [1.165, 1.54) is 12.5 Å². The van der Waals surface area contributed by atoms with Gasteiger partial charge in [0.25, 0.3) is 0 Å². The van der Waals surface area contributed by atoms with Gasteiger partial charge in [0.05, 0.1) is 37.6 Å². The van der Waals surface area contributed by atoms with Gasteiger partial charge in [-0.3, -0.25) is 9.59 Å². The second-order valence-electron chi connectivity index (χ2n) is 13.4.